The topological polar surface area (TPSA) is 52.7 Å². The van der Waals surface area contributed by atoms with E-state index < -0.39 is 6.04 Å². The van der Waals surface area contributed by atoms with Crippen molar-refractivity contribution in [2.45, 2.75) is 32.7 Å². The number of anilines is 2. The van der Waals surface area contributed by atoms with Gasteiger partial charge in [-0.25, -0.2) is 4.90 Å². The molecule has 1 saturated heterocycles. The smallest absolute Gasteiger partial charge is 0.257 e. The fourth-order valence-electron chi connectivity index (χ4n) is 4.04. The number of carbonyl (C=O) groups is 2. The average molecular weight is 458 g/mol. The number of carbonyl (C=O) groups excluding carboxylic acids is 2. The molecule has 4 rings (SSSR count). The van der Waals surface area contributed by atoms with Crippen molar-refractivity contribution in [2.75, 3.05) is 16.8 Å². The third-order valence-corrected chi connectivity index (χ3v) is 6.14. The van der Waals surface area contributed by atoms with Crippen LogP contribution in [0.15, 0.2) is 78.9 Å². The lowest BCUT2D eigenvalue weighted by atomic mass is 10.1. The second-order valence-electron chi connectivity index (χ2n) is 8.35. The lowest BCUT2D eigenvalue weighted by Crippen LogP contribution is -2.48. The quantitative estimate of drug-likeness (QED) is 0.422. The Balaban J connectivity index is 1.58. The minimum atomic E-state index is -0.646. The molecule has 0 saturated carbocycles. The van der Waals surface area contributed by atoms with Crippen molar-refractivity contribution >= 4 is 40.5 Å². The van der Waals surface area contributed by atoms with Gasteiger partial charge in [-0.15, -0.1) is 0 Å². The molecule has 1 heterocycles. The van der Waals surface area contributed by atoms with Crippen LogP contribution in [-0.4, -0.2) is 34.4 Å². The zero-order valence-corrected chi connectivity index (χ0v) is 19.6. The first-order chi connectivity index (χ1) is 15.9. The monoisotopic (exact) mass is 457 g/mol. The van der Waals surface area contributed by atoms with Crippen LogP contribution in [0.25, 0.3) is 0 Å². The third-order valence-electron chi connectivity index (χ3n) is 5.81. The first-order valence-electron chi connectivity index (χ1n) is 11.0. The minimum Gasteiger partial charge on any atom is -0.336 e. The summed E-state index contributed by atoms with van der Waals surface area (Å²) in [5.74, 6) is -0.456. The fraction of sp³-hybridized carbons (Fsp3) is 0.222. The zero-order chi connectivity index (χ0) is 23.4. The number of imide groups is 1. The Morgan fingerprint density at radius 3 is 2.39 bits per heavy atom. The lowest BCUT2D eigenvalue weighted by Gasteiger charge is -2.30. The van der Waals surface area contributed by atoms with Crippen molar-refractivity contribution < 1.29 is 9.59 Å². The molecule has 3 aromatic rings. The van der Waals surface area contributed by atoms with Crippen LogP contribution in [0.4, 0.5) is 11.4 Å². The highest BCUT2D eigenvalue weighted by Crippen LogP contribution is 2.27. The maximum atomic E-state index is 13.4. The first-order valence-corrected chi connectivity index (χ1v) is 11.4. The van der Waals surface area contributed by atoms with E-state index in [9.17, 15) is 9.59 Å². The van der Waals surface area contributed by atoms with E-state index in [1.807, 2.05) is 85.5 Å². The van der Waals surface area contributed by atoms with E-state index in [-0.39, 0.29) is 18.2 Å². The molecule has 0 aliphatic carbocycles. The third kappa shape index (κ3) is 5.29. The standard InChI is InChI=1S/C27H27N3O2S/c1-19-11-13-23(14-12-19)30-25(31)18-24(26(30)32)29(16-15-21-8-4-3-5-9-21)27(33)28-22-10-6-7-20(2)17-22/h3-14,17,24H,15-16,18H2,1-2H3,(H,28,33)/t24-/m0/s1. The van der Waals surface area contributed by atoms with Gasteiger partial charge in [-0.3, -0.25) is 9.59 Å². The number of nitrogens with zero attached hydrogens (tertiary/aromatic N) is 2. The Morgan fingerprint density at radius 1 is 0.970 bits per heavy atom. The molecular formula is C27H27N3O2S. The molecule has 0 spiro atoms. The van der Waals surface area contributed by atoms with Gasteiger partial charge in [-0.05, 0) is 67.9 Å². The highest BCUT2D eigenvalue weighted by atomic mass is 32.1. The zero-order valence-electron chi connectivity index (χ0n) is 18.8. The number of nitrogens with one attached hydrogen (secondary N) is 1. The van der Waals surface area contributed by atoms with E-state index >= 15 is 0 Å². The maximum Gasteiger partial charge on any atom is 0.257 e. The lowest BCUT2D eigenvalue weighted by molar-refractivity contribution is -0.122. The molecule has 0 bridgehead atoms. The van der Waals surface area contributed by atoms with Crippen LogP contribution in [0.5, 0.6) is 0 Å². The number of aryl methyl sites for hydroxylation is 2. The van der Waals surface area contributed by atoms with E-state index in [0.29, 0.717) is 23.8 Å². The molecule has 0 unspecified atom stereocenters. The molecule has 1 aliphatic rings. The molecule has 33 heavy (non-hydrogen) atoms. The molecule has 1 fully saturated rings. The van der Waals surface area contributed by atoms with Crippen molar-refractivity contribution in [2.24, 2.45) is 0 Å². The highest BCUT2D eigenvalue weighted by Gasteiger charge is 2.43. The molecule has 2 amide bonds. The van der Waals surface area contributed by atoms with Crippen LogP contribution in [0.1, 0.15) is 23.1 Å². The number of thiocarbonyl (C=S) groups is 1. The van der Waals surface area contributed by atoms with Gasteiger partial charge < -0.3 is 10.2 Å². The molecule has 5 nitrogen and oxygen atoms in total. The Morgan fingerprint density at radius 2 is 1.70 bits per heavy atom. The second kappa shape index (κ2) is 9.96. The minimum absolute atomic E-state index is 0.0944. The Kier molecular flexibility index (Phi) is 6.84. The van der Waals surface area contributed by atoms with Gasteiger partial charge in [0, 0.05) is 12.2 Å². The summed E-state index contributed by atoms with van der Waals surface area (Å²) < 4.78 is 0. The molecule has 3 aromatic carbocycles. The van der Waals surface area contributed by atoms with Gasteiger partial charge >= 0.3 is 0 Å². The van der Waals surface area contributed by atoms with E-state index in [2.05, 4.69) is 17.4 Å². The SMILES string of the molecule is Cc1ccc(N2C(=O)C[C@H](N(CCc3ccccc3)C(=S)Nc3cccc(C)c3)C2=O)cc1. The number of hydrogen-bond acceptors (Lipinski definition) is 3. The first kappa shape index (κ1) is 22.7. The van der Waals surface area contributed by atoms with Crippen molar-refractivity contribution in [3.63, 3.8) is 0 Å². The summed E-state index contributed by atoms with van der Waals surface area (Å²) in [5.41, 5.74) is 4.78. The Hall–Kier alpha value is -3.51. The molecule has 0 aromatic heterocycles. The van der Waals surface area contributed by atoms with Crippen LogP contribution in [0, 0.1) is 13.8 Å². The second-order valence-corrected chi connectivity index (χ2v) is 8.74. The average Bonchev–Trinajstić information content (AvgIpc) is 3.09. The summed E-state index contributed by atoms with van der Waals surface area (Å²) in [4.78, 5) is 29.5. The number of rotatable bonds is 6. The van der Waals surface area contributed by atoms with Crippen molar-refractivity contribution in [3.05, 3.63) is 95.6 Å². The van der Waals surface area contributed by atoms with Crippen LogP contribution < -0.4 is 10.2 Å². The van der Waals surface area contributed by atoms with Gasteiger partial charge in [-0.1, -0.05) is 60.2 Å². The normalized spacial score (nSPS) is 15.6. The number of hydrogen-bond donors (Lipinski definition) is 1. The van der Waals surface area contributed by atoms with Gasteiger partial charge in [0.05, 0.1) is 12.1 Å². The van der Waals surface area contributed by atoms with Crippen molar-refractivity contribution in [1.29, 1.82) is 0 Å². The van der Waals surface area contributed by atoms with Crippen LogP contribution in [0.2, 0.25) is 0 Å². The molecular weight excluding hydrogens is 430 g/mol. The summed E-state index contributed by atoms with van der Waals surface area (Å²) in [5, 5.41) is 3.71. The molecule has 0 radical (unpaired) electrons. The summed E-state index contributed by atoms with van der Waals surface area (Å²) in [7, 11) is 0. The predicted molar refractivity (Wildman–Crippen MR) is 136 cm³/mol. The number of benzene rings is 3. The predicted octanol–water partition coefficient (Wildman–Crippen LogP) is 4.88. The van der Waals surface area contributed by atoms with Gasteiger partial charge in [0.1, 0.15) is 6.04 Å². The molecule has 1 aliphatic heterocycles. The number of amides is 2. The largest absolute Gasteiger partial charge is 0.336 e. The summed E-state index contributed by atoms with van der Waals surface area (Å²) in [6, 6.07) is 24.8. The van der Waals surface area contributed by atoms with Crippen molar-refractivity contribution in [1.82, 2.24) is 4.90 Å². The van der Waals surface area contributed by atoms with Crippen molar-refractivity contribution in [3.8, 4) is 0 Å². The van der Waals surface area contributed by atoms with E-state index in [1.165, 1.54) is 4.90 Å². The summed E-state index contributed by atoms with van der Waals surface area (Å²) in [6.45, 7) is 4.51. The maximum absolute atomic E-state index is 13.4. The fourth-order valence-corrected chi connectivity index (χ4v) is 4.37. The van der Waals surface area contributed by atoms with Gasteiger partial charge in [0.2, 0.25) is 5.91 Å². The van der Waals surface area contributed by atoms with Gasteiger partial charge in [0.25, 0.3) is 5.91 Å². The highest BCUT2D eigenvalue weighted by molar-refractivity contribution is 7.80. The molecule has 6 heteroatoms. The van der Waals surface area contributed by atoms with E-state index in [1.54, 1.807) is 0 Å². The molecule has 168 valence electrons. The van der Waals surface area contributed by atoms with Crippen LogP contribution in [-0.2, 0) is 16.0 Å². The molecule has 1 atom stereocenters. The van der Waals surface area contributed by atoms with Gasteiger partial charge in [0.15, 0.2) is 5.11 Å². The van der Waals surface area contributed by atoms with Crippen LogP contribution in [0.3, 0.4) is 0 Å². The Labute approximate surface area is 200 Å². The summed E-state index contributed by atoms with van der Waals surface area (Å²) in [6.07, 6.45) is 0.802. The Bertz CT molecular complexity index is 1160. The summed E-state index contributed by atoms with van der Waals surface area (Å²) >= 11 is 5.75. The van der Waals surface area contributed by atoms with Crippen LogP contribution >= 0.6 is 12.2 Å². The van der Waals surface area contributed by atoms with E-state index in [4.69, 9.17) is 12.2 Å². The van der Waals surface area contributed by atoms with Gasteiger partial charge in [-0.2, -0.15) is 0 Å². The van der Waals surface area contributed by atoms with E-state index in [0.717, 1.165) is 22.4 Å². The molecule has 1 N–H and O–H groups in total.